The zero-order valence-electron chi connectivity index (χ0n) is 21.0. The van der Waals surface area contributed by atoms with E-state index in [4.69, 9.17) is 9.88 Å². The Morgan fingerprint density at radius 3 is 2.83 bits per heavy atom. The number of ether oxygens (including phenoxy) is 1. The molecule has 0 amide bonds. The van der Waals surface area contributed by atoms with E-state index in [0.717, 1.165) is 4.88 Å². The van der Waals surface area contributed by atoms with Crippen LogP contribution in [-0.2, 0) is 31.8 Å². The van der Waals surface area contributed by atoms with Crippen molar-refractivity contribution in [2.24, 2.45) is 11.1 Å². The lowest BCUT2D eigenvalue weighted by molar-refractivity contribution is -0.137. The molecule has 0 aromatic carbocycles. The van der Waals surface area contributed by atoms with Crippen LogP contribution in [0.25, 0.3) is 0 Å². The maximum atomic E-state index is 13.3. The second kappa shape index (κ2) is 11.2. The number of anilines is 1. The van der Waals surface area contributed by atoms with Crippen molar-refractivity contribution >= 4 is 38.8 Å². The molecule has 4 heterocycles. The summed E-state index contributed by atoms with van der Waals surface area (Å²) in [5, 5.41) is 28.8. The third-order valence-electron chi connectivity index (χ3n) is 6.84. The standard InChI is InChI=1S/C23H26F3N5O6S3/c1-10-13(20-18-16(2-3-36-20)39-22(31-18)23(24,25)26)6-17(38-10)19(33)14-7-28-9-29-21(14)30-12-4-11(15(32)5-12)8-37-40(27,34)35/h6-7,9,11-12,15,19-20,32-33H,2-5,8H2,1H3,(H2,27,34,35)(H,28,29,30)/t11-,12-,15+,19?,20?/m1/s1. The number of halogens is 3. The molecule has 2 unspecified atom stereocenters. The van der Waals surface area contributed by atoms with Gasteiger partial charge in [0.2, 0.25) is 0 Å². The van der Waals surface area contributed by atoms with E-state index in [0.29, 0.717) is 50.9 Å². The van der Waals surface area contributed by atoms with Crippen molar-refractivity contribution in [1.82, 2.24) is 15.0 Å². The molecule has 5 N–H and O–H groups in total. The molecular formula is C23H26F3N5O6S3. The number of fused-ring (bicyclic) bond motifs is 1. The highest BCUT2D eigenvalue weighted by Gasteiger charge is 2.39. The molecule has 0 bridgehead atoms. The minimum atomic E-state index is -4.54. The van der Waals surface area contributed by atoms with Gasteiger partial charge in [0.1, 0.15) is 24.4 Å². The predicted octanol–water partition coefficient (Wildman–Crippen LogP) is 2.84. The summed E-state index contributed by atoms with van der Waals surface area (Å²) in [5.41, 5.74) is 1.23. The van der Waals surface area contributed by atoms with Gasteiger partial charge >= 0.3 is 16.5 Å². The Balaban J connectivity index is 1.35. The number of rotatable bonds is 8. The highest BCUT2D eigenvalue weighted by atomic mass is 32.2. The number of aryl methyl sites for hydroxylation is 1. The van der Waals surface area contributed by atoms with Crippen LogP contribution in [0.5, 0.6) is 0 Å². The fourth-order valence-corrected chi connectivity index (χ4v) is 7.32. The van der Waals surface area contributed by atoms with Crippen LogP contribution >= 0.6 is 22.7 Å². The summed E-state index contributed by atoms with van der Waals surface area (Å²) in [6, 6.07) is 1.40. The molecule has 1 aliphatic heterocycles. The van der Waals surface area contributed by atoms with Gasteiger partial charge in [0, 0.05) is 50.3 Å². The number of aliphatic hydroxyl groups is 2. The molecule has 3 aromatic rings. The van der Waals surface area contributed by atoms with Crippen molar-refractivity contribution in [2.75, 3.05) is 18.5 Å². The highest BCUT2D eigenvalue weighted by molar-refractivity contribution is 7.84. The smallest absolute Gasteiger partial charge is 0.393 e. The molecule has 11 nitrogen and oxygen atoms in total. The molecule has 40 heavy (non-hydrogen) atoms. The van der Waals surface area contributed by atoms with Gasteiger partial charge in [0.15, 0.2) is 5.01 Å². The van der Waals surface area contributed by atoms with E-state index in [2.05, 4.69) is 24.5 Å². The SMILES string of the molecule is Cc1sc(C(O)c2cncnc2N[C@@H]2C[C@H](COS(N)(=O)=O)[C@@H](O)C2)cc1C1OCCc2sc(C(F)(F)F)nc21. The molecule has 1 aliphatic carbocycles. The predicted molar refractivity (Wildman–Crippen MR) is 139 cm³/mol. The number of nitrogens with zero attached hydrogens (tertiary/aromatic N) is 3. The van der Waals surface area contributed by atoms with E-state index < -0.39 is 45.7 Å². The summed E-state index contributed by atoms with van der Waals surface area (Å²) >= 11 is 1.90. The molecule has 1 saturated carbocycles. The average molecular weight is 622 g/mol. The quantitative estimate of drug-likeness (QED) is 0.293. The number of hydrogen-bond donors (Lipinski definition) is 4. The van der Waals surface area contributed by atoms with Crippen molar-refractivity contribution < 1.29 is 40.7 Å². The Bertz CT molecular complexity index is 1480. The number of alkyl halides is 3. The van der Waals surface area contributed by atoms with Crippen molar-refractivity contribution in [3.8, 4) is 0 Å². The normalized spacial score (nSPS) is 24.2. The molecule has 0 spiro atoms. The van der Waals surface area contributed by atoms with Gasteiger partial charge in [-0.2, -0.15) is 21.6 Å². The molecular weight excluding hydrogens is 595 g/mol. The van der Waals surface area contributed by atoms with Gasteiger partial charge in [-0.1, -0.05) is 0 Å². The van der Waals surface area contributed by atoms with Gasteiger partial charge < -0.3 is 20.3 Å². The van der Waals surface area contributed by atoms with Crippen LogP contribution in [0.1, 0.15) is 61.5 Å². The van der Waals surface area contributed by atoms with Gasteiger partial charge in [0.05, 0.1) is 25.0 Å². The third kappa shape index (κ3) is 6.30. The second-order valence-electron chi connectivity index (χ2n) is 9.63. The Morgan fingerprint density at radius 2 is 2.10 bits per heavy atom. The maximum absolute atomic E-state index is 13.3. The van der Waals surface area contributed by atoms with E-state index in [1.807, 2.05) is 0 Å². The average Bonchev–Trinajstić information content (AvgIpc) is 3.58. The number of hydrogen-bond acceptors (Lipinski definition) is 12. The molecule has 5 rings (SSSR count). The number of thiophene rings is 1. The lowest BCUT2D eigenvalue weighted by Crippen LogP contribution is -2.24. The zero-order valence-corrected chi connectivity index (χ0v) is 23.4. The van der Waals surface area contributed by atoms with Gasteiger partial charge in [-0.3, -0.25) is 4.18 Å². The Hall–Kier alpha value is -2.25. The molecule has 2 aliphatic rings. The lowest BCUT2D eigenvalue weighted by atomic mass is 10.0. The Morgan fingerprint density at radius 1 is 1.32 bits per heavy atom. The largest absolute Gasteiger partial charge is 0.443 e. The van der Waals surface area contributed by atoms with Crippen LogP contribution in [0.2, 0.25) is 0 Å². The van der Waals surface area contributed by atoms with Crippen molar-refractivity contribution in [3.05, 3.63) is 55.1 Å². The van der Waals surface area contributed by atoms with Gasteiger partial charge in [-0.05, 0) is 25.8 Å². The summed E-state index contributed by atoms with van der Waals surface area (Å²) < 4.78 is 72.6. The minimum Gasteiger partial charge on any atom is -0.393 e. The first-order valence-electron chi connectivity index (χ1n) is 12.2. The third-order valence-corrected chi connectivity index (χ3v) is 9.60. The van der Waals surface area contributed by atoms with Crippen LogP contribution in [0.3, 0.4) is 0 Å². The number of aromatic nitrogens is 3. The molecule has 5 atom stereocenters. The first kappa shape index (κ1) is 29.2. The van der Waals surface area contributed by atoms with Crippen LogP contribution in [0.4, 0.5) is 19.0 Å². The first-order valence-corrected chi connectivity index (χ1v) is 15.3. The second-order valence-corrected chi connectivity index (χ2v) is 13.2. The van der Waals surface area contributed by atoms with Crippen LogP contribution < -0.4 is 10.5 Å². The summed E-state index contributed by atoms with van der Waals surface area (Å²) in [6.45, 7) is 1.79. The topological polar surface area (TPSA) is 170 Å². The van der Waals surface area contributed by atoms with Crippen molar-refractivity contribution in [3.63, 3.8) is 0 Å². The van der Waals surface area contributed by atoms with Gasteiger partial charge in [-0.15, -0.1) is 22.7 Å². The van der Waals surface area contributed by atoms with E-state index in [9.17, 15) is 31.8 Å². The molecule has 3 aromatic heterocycles. The number of aliphatic hydroxyl groups excluding tert-OH is 2. The van der Waals surface area contributed by atoms with Gasteiger partial charge in [-0.25, -0.2) is 20.1 Å². The summed E-state index contributed by atoms with van der Waals surface area (Å²) in [4.78, 5) is 13.9. The van der Waals surface area contributed by atoms with E-state index in [-0.39, 0.29) is 31.4 Å². The molecule has 1 fully saturated rings. The van der Waals surface area contributed by atoms with Crippen molar-refractivity contribution in [1.29, 1.82) is 0 Å². The molecule has 17 heteroatoms. The zero-order chi connectivity index (χ0) is 28.8. The minimum absolute atomic E-state index is 0.247. The first-order chi connectivity index (χ1) is 18.8. The van der Waals surface area contributed by atoms with Crippen LogP contribution in [0, 0.1) is 12.8 Å². The fourth-order valence-electron chi connectivity index (χ4n) is 4.96. The molecule has 218 valence electrons. The Kier molecular flexibility index (Phi) is 8.19. The molecule has 0 radical (unpaired) electrons. The van der Waals surface area contributed by atoms with E-state index in [1.54, 1.807) is 13.0 Å². The van der Waals surface area contributed by atoms with Gasteiger partial charge in [0.25, 0.3) is 0 Å². The lowest BCUT2D eigenvalue weighted by Gasteiger charge is -2.22. The highest BCUT2D eigenvalue weighted by Crippen LogP contribution is 2.44. The summed E-state index contributed by atoms with van der Waals surface area (Å²) in [7, 11) is -4.14. The maximum Gasteiger partial charge on any atom is 0.443 e. The number of nitrogens with two attached hydrogens (primary N) is 1. The Labute approximate surface area is 235 Å². The summed E-state index contributed by atoms with van der Waals surface area (Å²) in [5.74, 6) is -0.150. The fraction of sp³-hybridized carbons (Fsp3) is 0.522. The monoisotopic (exact) mass is 621 g/mol. The van der Waals surface area contributed by atoms with E-state index in [1.165, 1.54) is 23.9 Å². The summed E-state index contributed by atoms with van der Waals surface area (Å²) in [6.07, 6.45) is -3.57. The van der Waals surface area contributed by atoms with E-state index >= 15 is 0 Å². The molecule has 0 saturated heterocycles. The number of nitrogens with one attached hydrogen (secondary N) is 1. The van der Waals surface area contributed by atoms with Crippen LogP contribution in [0.15, 0.2) is 18.6 Å². The van der Waals surface area contributed by atoms with Crippen molar-refractivity contribution in [2.45, 2.75) is 56.7 Å². The number of thiazole rings is 1. The van der Waals surface area contributed by atoms with Crippen LogP contribution in [-0.4, -0.2) is 58.9 Å².